The first-order valence-corrected chi connectivity index (χ1v) is 13.1. The van der Waals surface area contributed by atoms with E-state index in [2.05, 4.69) is 14.7 Å². The standard InChI is InChI=1S/C25H25F2N5O4S/c1-36-24-21(31-37(34,35)23-9-3-16(26)12-19(23)27)10-15(13-29-24)14-2-8-20-22(11-14)32(25(28)30-20)17-4-6-18(33)7-5-17/h2-3,8-13,17-18,31,33H,4-7H2,1H3,(H2,28,30). The van der Waals surface area contributed by atoms with Crippen molar-refractivity contribution in [2.24, 2.45) is 0 Å². The molecule has 4 aromatic rings. The summed E-state index contributed by atoms with van der Waals surface area (Å²) in [4.78, 5) is 7.98. The molecule has 9 nitrogen and oxygen atoms in total. The Kier molecular flexibility index (Phi) is 6.46. The summed E-state index contributed by atoms with van der Waals surface area (Å²) in [7, 11) is -3.09. The number of aliphatic hydroxyl groups is 1. The van der Waals surface area contributed by atoms with Gasteiger partial charge in [-0.05, 0) is 61.6 Å². The van der Waals surface area contributed by atoms with Crippen LogP contribution in [0.3, 0.4) is 0 Å². The van der Waals surface area contributed by atoms with E-state index < -0.39 is 26.6 Å². The minimum atomic E-state index is -4.41. The first kappa shape index (κ1) is 24.9. The largest absolute Gasteiger partial charge is 0.480 e. The summed E-state index contributed by atoms with van der Waals surface area (Å²) in [6.45, 7) is 0. The average molecular weight is 530 g/mol. The van der Waals surface area contributed by atoms with Crippen molar-refractivity contribution < 1.29 is 27.0 Å². The Bertz CT molecular complexity index is 1580. The number of hydrogen-bond donors (Lipinski definition) is 3. The lowest BCUT2D eigenvalue weighted by molar-refractivity contribution is 0.112. The van der Waals surface area contributed by atoms with Crippen LogP contribution in [0.2, 0.25) is 0 Å². The summed E-state index contributed by atoms with van der Waals surface area (Å²) in [6.07, 6.45) is 4.14. The van der Waals surface area contributed by atoms with E-state index in [-0.39, 0.29) is 23.7 Å². The maximum atomic E-state index is 14.2. The zero-order valence-corrected chi connectivity index (χ0v) is 20.7. The second-order valence-corrected chi connectivity index (χ2v) is 10.6. The van der Waals surface area contributed by atoms with Gasteiger partial charge in [-0.3, -0.25) is 4.72 Å². The second-order valence-electron chi connectivity index (χ2n) is 8.97. The molecule has 2 heterocycles. The van der Waals surface area contributed by atoms with Crippen molar-refractivity contribution in [3.8, 4) is 17.0 Å². The van der Waals surface area contributed by atoms with E-state index in [4.69, 9.17) is 10.5 Å². The maximum absolute atomic E-state index is 14.2. The molecule has 1 saturated carbocycles. The van der Waals surface area contributed by atoms with Crippen molar-refractivity contribution in [3.05, 3.63) is 60.3 Å². The quantitative estimate of drug-likeness (QED) is 0.340. The Morgan fingerprint density at radius 2 is 1.84 bits per heavy atom. The Morgan fingerprint density at radius 1 is 1.08 bits per heavy atom. The molecule has 194 valence electrons. The highest BCUT2D eigenvalue weighted by Crippen LogP contribution is 2.36. The molecule has 5 rings (SSSR count). The van der Waals surface area contributed by atoms with Crippen LogP contribution in [0.1, 0.15) is 31.7 Å². The molecule has 4 N–H and O–H groups in total. The van der Waals surface area contributed by atoms with Gasteiger partial charge in [-0.1, -0.05) is 6.07 Å². The van der Waals surface area contributed by atoms with Crippen LogP contribution < -0.4 is 15.2 Å². The molecule has 0 unspecified atom stereocenters. The Morgan fingerprint density at radius 3 is 2.54 bits per heavy atom. The predicted molar refractivity (Wildman–Crippen MR) is 135 cm³/mol. The van der Waals surface area contributed by atoms with Crippen LogP contribution in [0.4, 0.5) is 20.4 Å². The summed E-state index contributed by atoms with van der Waals surface area (Å²) in [5.74, 6) is -1.75. The van der Waals surface area contributed by atoms with Crippen LogP contribution in [0.15, 0.2) is 53.6 Å². The number of anilines is 2. The number of pyridine rings is 1. The zero-order chi connectivity index (χ0) is 26.3. The summed E-state index contributed by atoms with van der Waals surface area (Å²) in [6, 6.07) is 9.35. The number of nitrogens with one attached hydrogen (secondary N) is 1. The lowest BCUT2D eigenvalue weighted by Gasteiger charge is -2.27. The first-order chi connectivity index (χ1) is 17.7. The third kappa shape index (κ3) is 4.81. The van der Waals surface area contributed by atoms with Crippen LogP contribution in [0.5, 0.6) is 5.88 Å². The smallest absolute Gasteiger partial charge is 0.264 e. The fourth-order valence-corrected chi connectivity index (χ4v) is 5.84. The van der Waals surface area contributed by atoms with Gasteiger partial charge in [-0.2, -0.15) is 0 Å². The van der Waals surface area contributed by atoms with Gasteiger partial charge in [0, 0.05) is 23.9 Å². The highest BCUT2D eigenvalue weighted by molar-refractivity contribution is 7.92. The van der Waals surface area contributed by atoms with Gasteiger partial charge < -0.3 is 20.1 Å². The van der Waals surface area contributed by atoms with E-state index >= 15 is 0 Å². The molecule has 0 saturated heterocycles. The van der Waals surface area contributed by atoms with E-state index in [0.29, 0.717) is 41.5 Å². The summed E-state index contributed by atoms with van der Waals surface area (Å²) >= 11 is 0. The molecule has 1 fully saturated rings. The molecule has 2 aromatic heterocycles. The number of hydrogen-bond acceptors (Lipinski definition) is 7. The van der Waals surface area contributed by atoms with Gasteiger partial charge in [-0.25, -0.2) is 27.2 Å². The molecule has 0 aliphatic heterocycles. The molecule has 0 atom stereocenters. The molecule has 0 radical (unpaired) electrons. The number of aliphatic hydroxyl groups excluding tert-OH is 1. The number of ether oxygens (including phenoxy) is 1. The molecule has 0 bridgehead atoms. The molecular formula is C25H25F2N5O4S. The maximum Gasteiger partial charge on any atom is 0.264 e. The molecule has 2 aromatic carbocycles. The number of methoxy groups -OCH3 is 1. The van der Waals surface area contributed by atoms with Gasteiger partial charge in [0.05, 0.1) is 24.2 Å². The Hall–Kier alpha value is -3.77. The van der Waals surface area contributed by atoms with E-state index in [0.717, 1.165) is 30.5 Å². The van der Waals surface area contributed by atoms with Gasteiger partial charge in [0.2, 0.25) is 11.8 Å². The van der Waals surface area contributed by atoms with Crippen LogP contribution in [0.25, 0.3) is 22.2 Å². The monoisotopic (exact) mass is 529 g/mol. The molecule has 0 amide bonds. The van der Waals surface area contributed by atoms with Crippen LogP contribution in [0, 0.1) is 11.6 Å². The number of nitrogens with zero attached hydrogens (tertiary/aromatic N) is 3. The average Bonchev–Trinajstić information content (AvgIpc) is 3.19. The molecule has 12 heteroatoms. The number of halogens is 2. The number of nitrogen functional groups attached to an aromatic ring is 1. The first-order valence-electron chi connectivity index (χ1n) is 11.6. The van der Waals surface area contributed by atoms with E-state index in [9.17, 15) is 22.3 Å². The number of fused-ring (bicyclic) bond motifs is 1. The van der Waals surface area contributed by atoms with Crippen molar-refractivity contribution in [3.63, 3.8) is 0 Å². The Labute approximate surface area is 212 Å². The van der Waals surface area contributed by atoms with Gasteiger partial charge in [0.25, 0.3) is 10.0 Å². The number of sulfonamides is 1. The van der Waals surface area contributed by atoms with Crippen molar-refractivity contribution in [2.75, 3.05) is 17.6 Å². The highest BCUT2D eigenvalue weighted by Gasteiger charge is 2.25. The molecule has 37 heavy (non-hydrogen) atoms. The van der Waals surface area contributed by atoms with Gasteiger partial charge in [0.1, 0.15) is 22.2 Å². The summed E-state index contributed by atoms with van der Waals surface area (Å²) in [5.41, 5.74) is 9.02. The fraction of sp³-hybridized carbons (Fsp3) is 0.280. The molecule has 1 aliphatic carbocycles. The molecule has 0 spiro atoms. The number of rotatable bonds is 6. The van der Waals surface area contributed by atoms with E-state index in [1.165, 1.54) is 19.4 Å². The number of nitrogens with two attached hydrogens (primary N) is 1. The Balaban J connectivity index is 1.53. The minimum absolute atomic E-state index is 0.0156. The van der Waals surface area contributed by atoms with Crippen molar-refractivity contribution in [1.29, 1.82) is 0 Å². The fourth-order valence-electron chi connectivity index (χ4n) is 4.73. The SMILES string of the molecule is COc1ncc(-c2ccc3nc(N)n(C4CCC(O)CC4)c3c2)cc1NS(=O)(=O)c1ccc(F)cc1F. The zero-order valence-electron chi connectivity index (χ0n) is 19.9. The van der Waals surface area contributed by atoms with E-state index in [1.807, 2.05) is 22.8 Å². The third-order valence-electron chi connectivity index (χ3n) is 6.55. The normalized spacial score (nSPS) is 18.2. The number of imidazole rings is 1. The van der Waals surface area contributed by atoms with Crippen LogP contribution in [-0.2, 0) is 10.0 Å². The van der Waals surface area contributed by atoms with Crippen LogP contribution >= 0.6 is 0 Å². The predicted octanol–water partition coefficient (Wildman–Crippen LogP) is 4.24. The lowest BCUT2D eigenvalue weighted by atomic mass is 9.93. The summed E-state index contributed by atoms with van der Waals surface area (Å²) < 4.78 is 62.7. The van der Waals surface area contributed by atoms with E-state index in [1.54, 1.807) is 0 Å². The highest BCUT2D eigenvalue weighted by atomic mass is 32.2. The molecular weight excluding hydrogens is 504 g/mol. The molecule has 1 aliphatic rings. The van der Waals surface area contributed by atoms with Gasteiger partial charge in [0.15, 0.2) is 0 Å². The van der Waals surface area contributed by atoms with Crippen molar-refractivity contribution in [1.82, 2.24) is 14.5 Å². The van der Waals surface area contributed by atoms with Crippen molar-refractivity contribution in [2.45, 2.75) is 42.7 Å². The number of aromatic nitrogens is 3. The third-order valence-corrected chi connectivity index (χ3v) is 7.95. The minimum Gasteiger partial charge on any atom is -0.480 e. The second kappa shape index (κ2) is 9.60. The topological polar surface area (TPSA) is 132 Å². The van der Waals surface area contributed by atoms with Gasteiger partial charge >= 0.3 is 0 Å². The van der Waals surface area contributed by atoms with Crippen LogP contribution in [-0.4, -0.2) is 41.3 Å². The summed E-state index contributed by atoms with van der Waals surface area (Å²) in [5, 5.41) is 9.89. The lowest BCUT2D eigenvalue weighted by Crippen LogP contribution is -2.22. The number of benzene rings is 2. The van der Waals surface area contributed by atoms with Crippen molar-refractivity contribution >= 4 is 32.7 Å². The van der Waals surface area contributed by atoms with Gasteiger partial charge in [-0.15, -0.1) is 0 Å².